The number of hydrogen-bond donors (Lipinski definition) is 1. The molecule has 1 N–H and O–H groups in total. The molecule has 1 amide bonds. The summed E-state index contributed by atoms with van der Waals surface area (Å²) in [4.78, 5) is 19.3. The Balaban J connectivity index is 1.70. The predicted octanol–water partition coefficient (Wildman–Crippen LogP) is 4.22. The summed E-state index contributed by atoms with van der Waals surface area (Å²) >= 11 is 0. The van der Waals surface area contributed by atoms with E-state index in [0.29, 0.717) is 17.2 Å². The highest BCUT2D eigenvalue weighted by atomic mass is 32.2. The molecule has 11 heteroatoms. The van der Waals surface area contributed by atoms with Crippen molar-refractivity contribution in [3.05, 3.63) is 36.4 Å². The molecule has 10 nitrogen and oxygen atoms in total. The molecule has 0 spiro atoms. The lowest BCUT2D eigenvalue weighted by molar-refractivity contribution is 0.0598. The second kappa shape index (κ2) is 9.34. The Bertz CT molecular complexity index is 1240. The molecule has 1 aliphatic rings. The number of nitrogens with zero attached hydrogens (tertiary/aromatic N) is 6. The van der Waals surface area contributed by atoms with Gasteiger partial charge in [-0.05, 0) is 78.4 Å². The van der Waals surface area contributed by atoms with Gasteiger partial charge in [0.05, 0.1) is 21.4 Å². The number of carbonyl (C=O) groups excluding carboxylic acids is 1. The van der Waals surface area contributed by atoms with Crippen molar-refractivity contribution in [2.75, 3.05) is 4.90 Å². The molecule has 0 unspecified atom stereocenters. The Morgan fingerprint density at radius 3 is 2.60 bits per heavy atom. The average Bonchev–Trinajstić information content (AvgIpc) is 3.47. The summed E-state index contributed by atoms with van der Waals surface area (Å²) in [5.41, 5.74) is 1.45. The molecular formula is C24H35N7O3S. The summed E-state index contributed by atoms with van der Waals surface area (Å²) in [6.07, 6.45) is 7.38. The van der Waals surface area contributed by atoms with Gasteiger partial charge in [-0.1, -0.05) is 0 Å². The highest BCUT2D eigenvalue weighted by Crippen LogP contribution is 2.38. The lowest BCUT2D eigenvalue weighted by Crippen LogP contribution is -2.38. The van der Waals surface area contributed by atoms with E-state index < -0.39 is 22.7 Å². The van der Waals surface area contributed by atoms with Gasteiger partial charge in [-0.2, -0.15) is 10.2 Å². The number of fused-ring (bicyclic) bond motifs is 1. The smallest absolute Gasteiger partial charge is 0.420 e. The molecule has 1 aliphatic carbocycles. The van der Waals surface area contributed by atoms with Gasteiger partial charge in [0.15, 0.2) is 11.5 Å². The SMILES string of the molecule is Cn1ccc(N(C(=O)OC(C)(C)C)c2cc([C@H]3CC[C@@H](N[S@](=O)C(C)(C)C)C3)cn3ncnc23)n1. The molecule has 3 atom stereocenters. The Kier molecular flexibility index (Phi) is 6.76. The van der Waals surface area contributed by atoms with Crippen molar-refractivity contribution in [1.82, 2.24) is 29.1 Å². The summed E-state index contributed by atoms with van der Waals surface area (Å²) in [6, 6.07) is 3.91. The maximum atomic E-state index is 13.4. The second-order valence-electron chi connectivity index (χ2n) is 11.1. The van der Waals surface area contributed by atoms with Crippen LogP contribution in [0.15, 0.2) is 30.9 Å². The third kappa shape index (κ3) is 5.72. The summed E-state index contributed by atoms with van der Waals surface area (Å²) < 4.78 is 24.7. The van der Waals surface area contributed by atoms with E-state index in [0.717, 1.165) is 24.8 Å². The molecule has 3 aromatic heterocycles. The number of aryl methyl sites for hydroxylation is 1. The van der Waals surface area contributed by atoms with E-state index in [9.17, 15) is 9.00 Å². The van der Waals surface area contributed by atoms with E-state index in [-0.39, 0.29) is 16.7 Å². The zero-order chi connectivity index (χ0) is 25.5. The maximum Gasteiger partial charge on any atom is 0.420 e. The summed E-state index contributed by atoms with van der Waals surface area (Å²) in [6.45, 7) is 11.4. The van der Waals surface area contributed by atoms with Gasteiger partial charge in [0.25, 0.3) is 0 Å². The highest BCUT2D eigenvalue weighted by Gasteiger charge is 2.33. The molecule has 35 heavy (non-hydrogen) atoms. The number of rotatable bonds is 5. The van der Waals surface area contributed by atoms with Gasteiger partial charge in [-0.25, -0.2) is 28.1 Å². The van der Waals surface area contributed by atoms with Crippen LogP contribution in [-0.2, 0) is 22.8 Å². The van der Waals surface area contributed by atoms with E-state index in [1.807, 2.05) is 53.8 Å². The molecule has 0 aromatic carbocycles. The van der Waals surface area contributed by atoms with Crippen LogP contribution in [0.5, 0.6) is 0 Å². The van der Waals surface area contributed by atoms with E-state index >= 15 is 0 Å². The number of aromatic nitrogens is 5. The van der Waals surface area contributed by atoms with Crippen molar-refractivity contribution >= 4 is 34.2 Å². The van der Waals surface area contributed by atoms with Gasteiger partial charge >= 0.3 is 6.09 Å². The van der Waals surface area contributed by atoms with Gasteiger partial charge in [0.1, 0.15) is 11.9 Å². The molecule has 3 heterocycles. The number of carbonyl (C=O) groups is 1. The standard InChI is InChI=1S/C24H35N7O3S/c1-23(2,3)34-22(32)31(20-10-11-29(7)27-20)19-13-17(14-30-21(19)25-15-26-30)16-8-9-18(12-16)28-35(33)24(4,5)6/h10-11,13-16,18,28H,8-9,12H2,1-7H3/t16-,18+,35+/m0/s1. The second-order valence-corrected chi connectivity index (χ2v) is 13.1. The average molecular weight is 502 g/mol. The van der Waals surface area contributed by atoms with Crippen molar-refractivity contribution in [3.63, 3.8) is 0 Å². The maximum absolute atomic E-state index is 13.4. The van der Waals surface area contributed by atoms with Crippen molar-refractivity contribution in [1.29, 1.82) is 0 Å². The third-order valence-corrected chi connectivity index (χ3v) is 7.52. The number of pyridine rings is 1. The van der Waals surface area contributed by atoms with Crippen molar-refractivity contribution in [2.24, 2.45) is 7.05 Å². The Morgan fingerprint density at radius 2 is 1.97 bits per heavy atom. The third-order valence-electron chi connectivity index (χ3n) is 5.86. The fourth-order valence-corrected chi connectivity index (χ4v) is 5.05. The van der Waals surface area contributed by atoms with Crippen molar-refractivity contribution in [3.8, 4) is 0 Å². The molecule has 0 saturated heterocycles. The van der Waals surface area contributed by atoms with E-state index in [1.165, 1.54) is 11.2 Å². The largest absolute Gasteiger partial charge is 0.443 e. The van der Waals surface area contributed by atoms with Crippen LogP contribution in [0, 0.1) is 0 Å². The van der Waals surface area contributed by atoms with Gasteiger partial charge < -0.3 is 4.74 Å². The van der Waals surface area contributed by atoms with Crippen LogP contribution in [0.1, 0.15) is 72.3 Å². The van der Waals surface area contributed by atoms with Gasteiger partial charge in [0, 0.05) is 31.5 Å². The first-order valence-corrected chi connectivity index (χ1v) is 13.0. The lowest BCUT2D eigenvalue weighted by Gasteiger charge is -2.27. The molecule has 0 radical (unpaired) electrons. The van der Waals surface area contributed by atoms with Crippen molar-refractivity contribution < 1.29 is 13.7 Å². The first-order valence-electron chi connectivity index (χ1n) is 11.9. The Morgan fingerprint density at radius 1 is 1.23 bits per heavy atom. The zero-order valence-corrected chi connectivity index (χ0v) is 22.3. The van der Waals surface area contributed by atoms with E-state index in [4.69, 9.17) is 4.74 Å². The van der Waals surface area contributed by atoms with Gasteiger partial charge in [0.2, 0.25) is 0 Å². The van der Waals surface area contributed by atoms with Crippen LogP contribution in [0.2, 0.25) is 0 Å². The minimum Gasteiger partial charge on any atom is -0.443 e. The molecular weight excluding hydrogens is 466 g/mol. The topological polar surface area (TPSA) is 107 Å². The number of ether oxygens (including phenoxy) is 1. The van der Waals surface area contributed by atoms with Crippen LogP contribution in [0.3, 0.4) is 0 Å². The fraction of sp³-hybridized carbons (Fsp3) is 0.583. The van der Waals surface area contributed by atoms with Gasteiger partial charge in [-0.15, -0.1) is 0 Å². The number of amides is 1. The summed E-state index contributed by atoms with van der Waals surface area (Å²) in [5, 5.41) is 8.83. The van der Waals surface area contributed by atoms with Crippen LogP contribution in [0.25, 0.3) is 5.65 Å². The minimum atomic E-state index is -1.12. The molecule has 0 bridgehead atoms. The molecule has 4 rings (SSSR count). The number of nitrogens with one attached hydrogen (secondary N) is 1. The number of hydrogen-bond acceptors (Lipinski definition) is 6. The predicted molar refractivity (Wildman–Crippen MR) is 136 cm³/mol. The van der Waals surface area contributed by atoms with Crippen LogP contribution < -0.4 is 9.62 Å². The van der Waals surface area contributed by atoms with Gasteiger partial charge in [-0.3, -0.25) is 4.68 Å². The molecule has 3 aromatic rings. The normalized spacial score (nSPS) is 19.7. The molecule has 1 saturated carbocycles. The lowest BCUT2D eigenvalue weighted by atomic mass is 9.98. The highest BCUT2D eigenvalue weighted by molar-refractivity contribution is 7.84. The zero-order valence-electron chi connectivity index (χ0n) is 21.5. The molecule has 1 fully saturated rings. The first kappa shape index (κ1) is 25.3. The summed E-state index contributed by atoms with van der Waals surface area (Å²) in [5.74, 6) is 0.663. The molecule has 0 aliphatic heterocycles. The van der Waals surface area contributed by atoms with Crippen LogP contribution in [-0.4, -0.2) is 51.1 Å². The Labute approximate surface area is 208 Å². The van der Waals surface area contributed by atoms with E-state index in [1.54, 1.807) is 28.5 Å². The van der Waals surface area contributed by atoms with Crippen LogP contribution in [0.4, 0.5) is 16.3 Å². The Hall–Kier alpha value is -2.79. The van der Waals surface area contributed by atoms with Crippen LogP contribution >= 0.6 is 0 Å². The summed E-state index contributed by atoms with van der Waals surface area (Å²) in [7, 11) is 0.676. The fourth-order valence-electron chi connectivity index (χ4n) is 4.18. The molecule has 190 valence electrons. The monoisotopic (exact) mass is 501 g/mol. The van der Waals surface area contributed by atoms with Crippen molar-refractivity contribution in [2.45, 2.75) is 83.1 Å². The van der Waals surface area contributed by atoms with E-state index in [2.05, 4.69) is 19.9 Å². The number of anilines is 2. The quantitative estimate of drug-likeness (QED) is 0.561. The first-order chi connectivity index (χ1) is 16.3. The minimum absolute atomic E-state index is 0.160.